The number of nitro groups is 1. The number of nitro benzene ring substituents is 1. The number of carbonyl (C=O) groups is 1. The molecule has 1 N–H and O–H groups in total. The fraction of sp³-hybridized carbons (Fsp3) is 0.222. The van der Waals surface area contributed by atoms with Gasteiger partial charge in [-0.15, -0.1) is 0 Å². The highest BCUT2D eigenvalue weighted by Crippen LogP contribution is 2.29. The van der Waals surface area contributed by atoms with Gasteiger partial charge in [0, 0.05) is 0 Å². The Bertz CT molecular complexity index is 1060. The molecule has 1 amide bonds. The maximum Gasteiger partial charge on any atom is 0.296 e. The van der Waals surface area contributed by atoms with E-state index in [9.17, 15) is 14.9 Å². The number of aryl methyl sites for hydroxylation is 1. The summed E-state index contributed by atoms with van der Waals surface area (Å²) >= 11 is 3.47. The van der Waals surface area contributed by atoms with E-state index in [-0.39, 0.29) is 17.1 Å². The SMILES string of the molecule is COc1ccc(NC(=O)c2ccc(Cn3nc(C)c(Br)c3C)o2)c([N+](=O)[O-])c1. The smallest absolute Gasteiger partial charge is 0.296 e. The lowest BCUT2D eigenvalue weighted by Gasteiger charge is -2.06. The third kappa shape index (κ3) is 3.91. The fourth-order valence-electron chi connectivity index (χ4n) is 2.64. The van der Waals surface area contributed by atoms with Crippen molar-refractivity contribution in [1.29, 1.82) is 0 Å². The van der Waals surface area contributed by atoms with Gasteiger partial charge in [-0.05, 0) is 54.0 Å². The molecule has 2 aromatic heterocycles. The van der Waals surface area contributed by atoms with Crippen molar-refractivity contribution in [3.8, 4) is 5.75 Å². The largest absolute Gasteiger partial charge is 0.496 e. The molecule has 146 valence electrons. The first kappa shape index (κ1) is 19.6. The Hall–Kier alpha value is -3.14. The van der Waals surface area contributed by atoms with Gasteiger partial charge in [0.2, 0.25) is 0 Å². The van der Waals surface area contributed by atoms with E-state index in [0.29, 0.717) is 18.1 Å². The van der Waals surface area contributed by atoms with Crippen LogP contribution in [-0.2, 0) is 6.54 Å². The van der Waals surface area contributed by atoms with Crippen molar-refractivity contribution in [1.82, 2.24) is 9.78 Å². The van der Waals surface area contributed by atoms with Crippen molar-refractivity contribution in [2.75, 3.05) is 12.4 Å². The fourth-order valence-corrected chi connectivity index (χ4v) is 2.92. The van der Waals surface area contributed by atoms with Gasteiger partial charge < -0.3 is 14.5 Å². The first-order valence-corrected chi connectivity index (χ1v) is 9.01. The molecule has 9 nitrogen and oxygen atoms in total. The van der Waals surface area contributed by atoms with Crippen LogP contribution in [0.3, 0.4) is 0 Å². The van der Waals surface area contributed by atoms with E-state index in [1.165, 1.54) is 31.4 Å². The summed E-state index contributed by atoms with van der Waals surface area (Å²) in [5.74, 6) is 0.309. The molecule has 0 atom stereocenters. The topological polar surface area (TPSA) is 112 Å². The van der Waals surface area contributed by atoms with E-state index in [4.69, 9.17) is 9.15 Å². The summed E-state index contributed by atoms with van der Waals surface area (Å²) < 4.78 is 13.2. The Labute approximate surface area is 168 Å². The quantitative estimate of drug-likeness (QED) is 0.449. The molecule has 0 aliphatic heterocycles. The van der Waals surface area contributed by atoms with E-state index in [1.807, 2.05) is 13.8 Å². The first-order valence-electron chi connectivity index (χ1n) is 8.22. The summed E-state index contributed by atoms with van der Waals surface area (Å²) in [5, 5.41) is 18.1. The van der Waals surface area contributed by atoms with Gasteiger partial charge in [-0.1, -0.05) is 0 Å². The third-order valence-corrected chi connectivity index (χ3v) is 5.28. The van der Waals surface area contributed by atoms with Gasteiger partial charge in [0.25, 0.3) is 11.6 Å². The van der Waals surface area contributed by atoms with Gasteiger partial charge in [-0.3, -0.25) is 19.6 Å². The maximum atomic E-state index is 12.4. The van der Waals surface area contributed by atoms with Crippen molar-refractivity contribution >= 4 is 33.2 Å². The van der Waals surface area contributed by atoms with Gasteiger partial charge in [-0.25, -0.2) is 0 Å². The van der Waals surface area contributed by atoms with Gasteiger partial charge in [0.05, 0.1) is 40.5 Å². The molecule has 0 aliphatic carbocycles. The molecule has 3 rings (SSSR count). The van der Waals surface area contributed by atoms with E-state index in [1.54, 1.807) is 10.7 Å². The standard InChI is InChI=1S/C18H17BrN4O5/c1-10-17(19)11(2)22(21-10)9-13-5-7-16(28-13)18(24)20-14-6-4-12(27-3)8-15(14)23(25)26/h4-8H,9H2,1-3H3,(H,20,24). The van der Waals surface area contributed by atoms with Crippen molar-refractivity contribution in [2.45, 2.75) is 20.4 Å². The van der Waals surface area contributed by atoms with E-state index >= 15 is 0 Å². The van der Waals surface area contributed by atoms with Crippen molar-refractivity contribution in [3.63, 3.8) is 0 Å². The van der Waals surface area contributed by atoms with Crippen LogP contribution >= 0.6 is 15.9 Å². The summed E-state index contributed by atoms with van der Waals surface area (Å²) in [4.78, 5) is 23.1. The number of amides is 1. The average molecular weight is 449 g/mol. The number of anilines is 1. The minimum atomic E-state index is -0.591. The number of benzene rings is 1. The molecular weight excluding hydrogens is 432 g/mol. The number of furan rings is 1. The number of hydrogen-bond donors (Lipinski definition) is 1. The van der Waals surface area contributed by atoms with Gasteiger partial charge in [0.15, 0.2) is 5.76 Å². The molecule has 0 spiro atoms. The molecule has 0 bridgehead atoms. The van der Waals surface area contributed by atoms with Crippen LogP contribution in [0.2, 0.25) is 0 Å². The minimum Gasteiger partial charge on any atom is -0.496 e. The predicted octanol–water partition coefficient (Wildman–Crippen LogP) is 4.07. The van der Waals surface area contributed by atoms with Crippen LogP contribution < -0.4 is 10.1 Å². The molecule has 2 heterocycles. The Morgan fingerprint density at radius 2 is 2.11 bits per heavy atom. The number of aromatic nitrogens is 2. The highest BCUT2D eigenvalue weighted by Gasteiger charge is 2.20. The highest BCUT2D eigenvalue weighted by atomic mass is 79.9. The molecule has 0 unspecified atom stereocenters. The van der Waals surface area contributed by atoms with Crippen LogP contribution in [0.5, 0.6) is 5.75 Å². The first-order chi connectivity index (χ1) is 13.3. The lowest BCUT2D eigenvalue weighted by atomic mass is 10.2. The molecule has 0 radical (unpaired) electrons. The van der Waals surface area contributed by atoms with E-state index < -0.39 is 10.8 Å². The van der Waals surface area contributed by atoms with Crippen molar-refractivity contribution in [2.24, 2.45) is 0 Å². The van der Waals surface area contributed by atoms with Crippen LogP contribution in [0, 0.1) is 24.0 Å². The number of carbonyl (C=O) groups excluding carboxylic acids is 1. The number of hydrogen-bond acceptors (Lipinski definition) is 6. The van der Waals surface area contributed by atoms with E-state index in [2.05, 4.69) is 26.3 Å². The lowest BCUT2D eigenvalue weighted by Crippen LogP contribution is -2.12. The minimum absolute atomic E-state index is 0.0423. The summed E-state index contributed by atoms with van der Waals surface area (Å²) in [6.07, 6.45) is 0. The molecule has 0 aliphatic rings. The molecule has 0 fully saturated rings. The Morgan fingerprint density at radius 1 is 1.36 bits per heavy atom. The number of nitrogens with zero attached hydrogens (tertiary/aromatic N) is 3. The summed E-state index contributed by atoms with van der Waals surface area (Å²) in [7, 11) is 1.41. The average Bonchev–Trinajstić information content (AvgIpc) is 3.23. The second kappa shape index (κ2) is 7.85. The zero-order chi connectivity index (χ0) is 20.4. The summed E-state index contributed by atoms with van der Waals surface area (Å²) in [6.45, 7) is 4.16. The number of rotatable bonds is 6. The second-order valence-electron chi connectivity index (χ2n) is 6.00. The lowest BCUT2D eigenvalue weighted by molar-refractivity contribution is -0.384. The third-order valence-electron chi connectivity index (χ3n) is 4.13. The van der Waals surface area contributed by atoms with Crippen LogP contribution in [0.25, 0.3) is 0 Å². The molecule has 0 saturated heterocycles. The summed E-state index contributed by atoms with van der Waals surface area (Å²) in [6, 6.07) is 7.36. The van der Waals surface area contributed by atoms with Crippen LogP contribution in [0.1, 0.15) is 27.7 Å². The van der Waals surface area contributed by atoms with Gasteiger partial charge in [-0.2, -0.15) is 5.10 Å². The van der Waals surface area contributed by atoms with Gasteiger partial charge in [0.1, 0.15) is 17.2 Å². The van der Waals surface area contributed by atoms with Crippen molar-refractivity contribution < 1.29 is 18.9 Å². The Kier molecular flexibility index (Phi) is 5.50. The van der Waals surface area contributed by atoms with E-state index in [0.717, 1.165) is 15.9 Å². The zero-order valence-corrected chi connectivity index (χ0v) is 16.9. The maximum absolute atomic E-state index is 12.4. The molecule has 3 aromatic rings. The number of ether oxygens (including phenoxy) is 1. The number of methoxy groups -OCH3 is 1. The second-order valence-corrected chi connectivity index (χ2v) is 6.80. The zero-order valence-electron chi connectivity index (χ0n) is 15.4. The normalized spacial score (nSPS) is 10.7. The Balaban J connectivity index is 1.78. The molecule has 28 heavy (non-hydrogen) atoms. The number of nitrogens with one attached hydrogen (secondary N) is 1. The van der Waals surface area contributed by atoms with Crippen LogP contribution in [-0.4, -0.2) is 27.7 Å². The highest BCUT2D eigenvalue weighted by molar-refractivity contribution is 9.10. The Morgan fingerprint density at radius 3 is 2.71 bits per heavy atom. The van der Waals surface area contributed by atoms with Gasteiger partial charge >= 0.3 is 0 Å². The summed E-state index contributed by atoms with van der Waals surface area (Å²) in [5.41, 5.74) is 1.57. The monoisotopic (exact) mass is 448 g/mol. The molecule has 10 heteroatoms. The van der Waals surface area contributed by atoms with Crippen LogP contribution in [0.15, 0.2) is 39.2 Å². The molecule has 0 saturated carbocycles. The van der Waals surface area contributed by atoms with Crippen molar-refractivity contribution in [3.05, 3.63) is 67.8 Å². The number of halogens is 1. The van der Waals surface area contributed by atoms with Crippen LogP contribution in [0.4, 0.5) is 11.4 Å². The predicted molar refractivity (Wildman–Crippen MR) is 105 cm³/mol. The molecular formula is C18H17BrN4O5. The molecule has 1 aromatic carbocycles.